The number of rotatable bonds is 4. The summed E-state index contributed by atoms with van der Waals surface area (Å²) in [4.78, 5) is 23.4. The number of nitrogens with two attached hydrogens (primary N) is 1. The third-order valence-corrected chi connectivity index (χ3v) is 5.30. The summed E-state index contributed by atoms with van der Waals surface area (Å²) in [6.45, 7) is 1.34. The lowest BCUT2D eigenvalue weighted by Gasteiger charge is -2.21. The van der Waals surface area contributed by atoms with E-state index >= 15 is 0 Å². The number of carbonyl (C=O) groups is 2. The normalized spacial score (nSPS) is 16.8. The number of amides is 1. The average molecular weight is 484 g/mol. The number of hydrogen-bond acceptors (Lipinski definition) is 5. The molecule has 1 aliphatic heterocycles. The Morgan fingerprint density at radius 2 is 1.91 bits per heavy atom. The highest BCUT2D eigenvalue weighted by atomic mass is 35.5. The Morgan fingerprint density at radius 1 is 1.24 bits per heavy atom. The number of carboxylic acids is 1. The van der Waals surface area contributed by atoms with Crippen LogP contribution in [0.5, 0.6) is 0 Å². The highest BCUT2D eigenvalue weighted by Gasteiger charge is 2.38. The van der Waals surface area contributed by atoms with Crippen LogP contribution in [-0.4, -0.2) is 57.4 Å². The van der Waals surface area contributed by atoms with Gasteiger partial charge in [-0.3, -0.25) is 9.89 Å². The molecule has 1 aromatic heterocycles. The van der Waals surface area contributed by atoms with Crippen LogP contribution in [0.3, 0.4) is 0 Å². The number of likely N-dealkylation sites (tertiary alicyclic amines) is 1. The van der Waals surface area contributed by atoms with Crippen LogP contribution >= 0.6 is 11.6 Å². The Morgan fingerprint density at radius 3 is 2.55 bits per heavy atom. The van der Waals surface area contributed by atoms with Crippen molar-refractivity contribution in [3.63, 3.8) is 0 Å². The minimum absolute atomic E-state index is 0.0538. The molecule has 3 aromatic rings. The number of aromatic amines is 1. The number of carboxylic acid groups (broad SMARTS) is 1. The van der Waals surface area contributed by atoms with Gasteiger partial charge < -0.3 is 21.1 Å². The maximum Gasteiger partial charge on any atom is 0.490 e. The summed E-state index contributed by atoms with van der Waals surface area (Å²) in [5.74, 6) is -2.81. The minimum atomic E-state index is -5.08. The Bertz CT molecular complexity index is 1120. The molecule has 1 fully saturated rings. The summed E-state index contributed by atoms with van der Waals surface area (Å²) < 4.78 is 31.7. The molecule has 1 saturated heterocycles. The van der Waals surface area contributed by atoms with E-state index in [-0.39, 0.29) is 11.9 Å². The molecule has 12 heteroatoms. The fourth-order valence-electron chi connectivity index (χ4n) is 3.36. The second-order valence-electron chi connectivity index (χ2n) is 7.42. The number of carbonyl (C=O) groups excluding carboxylic acids is 1. The van der Waals surface area contributed by atoms with Crippen molar-refractivity contribution in [1.29, 1.82) is 0 Å². The van der Waals surface area contributed by atoms with Gasteiger partial charge in [0, 0.05) is 35.2 Å². The zero-order valence-electron chi connectivity index (χ0n) is 17.1. The number of halogens is 4. The van der Waals surface area contributed by atoms with Crippen molar-refractivity contribution in [2.45, 2.75) is 24.7 Å². The number of alkyl halides is 3. The number of nitrogens with one attached hydrogen (secondary N) is 2. The van der Waals surface area contributed by atoms with Gasteiger partial charge in [0.15, 0.2) is 0 Å². The number of aromatic nitrogens is 2. The third-order valence-electron chi connectivity index (χ3n) is 5.05. The first-order chi connectivity index (χ1) is 15.5. The topological polar surface area (TPSA) is 124 Å². The highest BCUT2D eigenvalue weighted by Crippen LogP contribution is 2.23. The molecule has 0 aliphatic carbocycles. The fraction of sp³-hybridized carbons (Fsp3) is 0.286. The van der Waals surface area contributed by atoms with E-state index in [1.807, 2.05) is 17.0 Å². The van der Waals surface area contributed by atoms with Gasteiger partial charge in [0.2, 0.25) is 5.91 Å². The van der Waals surface area contributed by atoms with Crippen LogP contribution in [0.25, 0.3) is 10.9 Å². The molecule has 8 nitrogen and oxygen atoms in total. The third kappa shape index (κ3) is 6.36. The van der Waals surface area contributed by atoms with Crippen molar-refractivity contribution in [3.8, 4) is 0 Å². The molecule has 2 atom stereocenters. The number of H-pyrrole nitrogens is 1. The molecule has 0 radical (unpaired) electrons. The van der Waals surface area contributed by atoms with Gasteiger partial charge in [0.25, 0.3) is 0 Å². The molecule has 1 aliphatic rings. The van der Waals surface area contributed by atoms with Gasteiger partial charge in [-0.15, -0.1) is 0 Å². The fourth-order valence-corrected chi connectivity index (χ4v) is 3.48. The summed E-state index contributed by atoms with van der Waals surface area (Å²) >= 11 is 5.90. The Kier molecular flexibility index (Phi) is 7.44. The molecule has 0 spiro atoms. The molecule has 4 rings (SSSR count). The SMILES string of the molecule is NC(C(=O)N1CCC(Nc2ccc3[nH]ncc3c2)C1)c1ccc(Cl)cc1.O=C(O)C(F)(F)F. The maximum atomic E-state index is 12.7. The van der Waals surface area contributed by atoms with Crippen molar-refractivity contribution in [3.05, 3.63) is 59.2 Å². The van der Waals surface area contributed by atoms with Gasteiger partial charge in [-0.1, -0.05) is 23.7 Å². The van der Waals surface area contributed by atoms with Crippen LogP contribution in [0.2, 0.25) is 5.02 Å². The lowest BCUT2D eigenvalue weighted by atomic mass is 10.1. The van der Waals surface area contributed by atoms with Crippen LogP contribution in [0.4, 0.5) is 18.9 Å². The molecular formula is C21H21ClF3N5O3. The highest BCUT2D eigenvalue weighted by molar-refractivity contribution is 6.30. The van der Waals surface area contributed by atoms with E-state index in [1.54, 1.807) is 30.5 Å². The standard InChI is InChI=1S/C19H20ClN5O.C2HF3O2/c20-14-3-1-12(2-4-14)18(21)19(26)25-8-7-16(11-25)23-15-5-6-17-13(9-15)10-22-24-17;3-2(4,5)1(6)7/h1-6,9-10,16,18,23H,7-8,11,21H2,(H,22,24);(H,6,7). The van der Waals surface area contributed by atoms with Crippen LogP contribution in [0, 0.1) is 0 Å². The Labute approximate surface area is 191 Å². The molecule has 2 aromatic carbocycles. The molecule has 0 saturated carbocycles. The van der Waals surface area contributed by atoms with E-state index in [0.29, 0.717) is 18.1 Å². The number of nitrogens with zero attached hydrogens (tertiary/aromatic N) is 2. The van der Waals surface area contributed by atoms with Crippen molar-refractivity contribution >= 4 is 40.1 Å². The summed E-state index contributed by atoms with van der Waals surface area (Å²) in [7, 11) is 0. The molecule has 2 heterocycles. The van der Waals surface area contributed by atoms with Crippen LogP contribution in [0.15, 0.2) is 48.7 Å². The number of benzene rings is 2. The van der Waals surface area contributed by atoms with Gasteiger partial charge in [0.1, 0.15) is 6.04 Å². The molecule has 176 valence electrons. The quantitative estimate of drug-likeness (QED) is 0.450. The van der Waals surface area contributed by atoms with Crippen molar-refractivity contribution in [1.82, 2.24) is 15.1 Å². The first kappa shape index (κ1) is 24.3. The summed E-state index contributed by atoms with van der Waals surface area (Å²) in [6, 6.07) is 12.7. The number of hydrogen-bond donors (Lipinski definition) is 4. The van der Waals surface area contributed by atoms with Gasteiger partial charge in [-0.2, -0.15) is 18.3 Å². The zero-order valence-corrected chi connectivity index (χ0v) is 17.9. The van der Waals surface area contributed by atoms with Gasteiger partial charge in [0.05, 0.1) is 11.7 Å². The van der Waals surface area contributed by atoms with E-state index in [1.165, 1.54) is 0 Å². The summed E-state index contributed by atoms with van der Waals surface area (Å²) in [5, 5.41) is 19.3. The van der Waals surface area contributed by atoms with Crippen LogP contribution in [-0.2, 0) is 9.59 Å². The second kappa shape index (κ2) is 10.1. The minimum Gasteiger partial charge on any atom is -0.475 e. The number of aliphatic carboxylic acids is 1. The molecule has 5 N–H and O–H groups in total. The molecular weight excluding hydrogens is 463 g/mol. The molecule has 2 unspecified atom stereocenters. The van der Waals surface area contributed by atoms with Crippen molar-refractivity contribution in [2.75, 3.05) is 18.4 Å². The number of fused-ring (bicyclic) bond motifs is 1. The van der Waals surface area contributed by atoms with E-state index in [0.717, 1.165) is 28.6 Å². The first-order valence-electron chi connectivity index (χ1n) is 9.84. The molecule has 0 bridgehead atoms. The van der Waals surface area contributed by atoms with E-state index in [2.05, 4.69) is 21.6 Å². The smallest absolute Gasteiger partial charge is 0.475 e. The predicted molar refractivity (Wildman–Crippen MR) is 117 cm³/mol. The maximum absolute atomic E-state index is 12.7. The van der Waals surface area contributed by atoms with Gasteiger partial charge in [-0.05, 0) is 42.3 Å². The van der Waals surface area contributed by atoms with Crippen molar-refractivity contribution < 1.29 is 27.9 Å². The van der Waals surface area contributed by atoms with Crippen LogP contribution in [0.1, 0.15) is 18.0 Å². The second-order valence-corrected chi connectivity index (χ2v) is 7.85. The molecule has 33 heavy (non-hydrogen) atoms. The lowest BCUT2D eigenvalue weighted by molar-refractivity contribution is -0.192. The largest absolute Gasteiger partial charge is 0.490 e. The average Bonchev–Trinajstić information content (AvgIpc) is 3.42. The summed E-state index contributed by atoms with van der Waals surface area (Å²) in [6.07, 6.45) is -2.39. The lowest BCUT2D eigenvalue weighted by Crippen LogP contribution is -2.38. The first-order valence-corrected chi connectivity index (χ1v) is 10.2. The number of anilines is 1. The van der Waals surface area contributed by atoms with Gasteiger partial charge >= 0.3 is 12.1 Å². The molecule has 1 amide bonds. The zero-order chi connectivity index (χ0) is 24.2. The van der Waals surface area contributed by atoms with Crippen LogP contribution < -0.4 is 11.1 Å². The summed E-state index contributed by atoms with van der Waals surface area (Å²) in [5.41, 5.74) is 8.97. The van der Waals surface area contributed by atoms with Gasteiger partial charge in [-0.25, -0.2) is 4.79 Å². The van der Waals surface area contributed by atoms with E-state index < -0.39 is 18.2 Å². The predicted octanol–water partition coefficient (Wildman–Crippen LogP) is 3.56. The Balaban J connectivity index is 0.000000383. The monoisotopic (exact) mass is 483 g/mol. The van der Waals surface area contributed by atoms with Crippen molar-refractivity contribution in [2.24, 2.45) is 5.73 Å². The Hall–Kier alpha value is -3.31. The van der Waals surface area contributed by atoms with E-state index in [4.69, 9.17) is 27.2 Å². The van der Waals surface area contributed by atoms with E-state index in [9.17, 15) is 18.0 Å².